The van der Waals surface area contributed by atoms with Crippen molar-refractivity contribution in [1.82, 2.24) is 0 Å². The fraction of sp³-hybridized carbons (Fsp3) is 0.273. The third-order valence-corrected chi connectivity index (χ3v) is 1.99. The third-order valence-electron chi connectivity index (χ3n) is 1.99. The van der Waals surface area contributed by atoms with Gasteiger partial charge < -0.3 is 10.3 Å². The van der Waals surface area contributed by atoms with E-state index in [1.54, 1.807) is 13.8 Å². The lowest BCUT2D eigenvalue weighted by Gasteiger charge is -2.23. The molecule has 0 atom stereocenters. The van der Waals surface area contributed by atoms with Crippen molar-refractivity contribution in [3.05, 3.63) is 41.4 Å². The highest BCUT2D eigenvalue weighted by molar-refractivity contribution is 6.20. The second-order valence-electron chi connectivity index (χ2n) is 3.54. The molecule has 15 heavy (non-hydrogen) atoms. The minimum atomic E-state index is -0.737. The topological polar surface area (TPSA) is 62.7 Å². The summed E-state index contributed by atoms with van der Waals surface area (Å²) < 4.78 is 5.12. The molecule has 0 spiro atoms. The highest BCUT2D eigenvalue weighted by Gasteiger charge is 2.25. The van der Waals surface area contributed by atoms with Gasteiger partial charge in [0.2, 0.25) is 0 Å². The van der Waals surface area contributed by atoms with Crippen molar-refractivity contribution in [3.63, 3.8) is 0 Å². The van der Waals surface area contributed by atoms with E-state index in [0.29, 0.717) is 0 Å². The van der Waals surface area contributed by atoms with Crippen molar-refractivity contribution in [2.75, 3.05) is 0 Å². The molecule has 0 unspecified atom stereocenters. The van der Waals surface area contributed by atoms with Gasteiger partial charge in [-0.2, -0.15) is 4.79 Å². The second kappa shape index (κ2) is 4.53. The van der Waals surface area contributed by atoms with Crippen LogP contribution >= 0.6 is 0 Å². The first-order valence-electron chi connectivity index (χ1n) is 4.52. The van der Waals surface area contributed by atoms with E-state index in [0.717, 1.165) is 11.8 Å². The van der Waals surface area contributed by atoms with Gasteiger partial charge in [0.15, 0.2) is 0 Å². The molecule has 0 heterocycles. The number of rotatable bonds is 3. The fourth-order valence-electron chi connectivity index (χ4n) is 1.22. The van der Waals surface area contributed by atoms with Crippen molar-refractivity contribution in [3.8, 4) is 0 Å². The molecule has 4 heteroatoms. The first-order chi connectivity index (χ1) is 7.06. The van der Waals surface area contributed by atoms with Crippen molar-refractivity contribution >= 4 is 12.2 Å². The standard InChI is InChI=1S/C11H12N2O2/c1-11(2,15-10(14)8-13-12)9-6-4-3-5-7-9/h3-8H,1-2H3. The second-order valence-corrected chi connectivity index (χ2v) is 3.54. The molecule has 0 saturated heterocycles. The molecule has 0 N–H and O–H groups in total. The number of nitrogens with zero attached hydrogens (tertiary/aromatic N) is 2. The van der Waals surface area contributed by atoms with Crippen LogP contribution in [-0.2, 0) is 15.1 Å². The minimum Gasteiger partial charge on any atom is -0.446 e. The maximum absolute atomic E-state index is 11.1. The van der Waals surface area contributed by atoms with Crippen LogP contribution in [0.2, 0.25) is 0 Å². The van der Waals surface area contributed by atoms with Gasteiger partial charge in [-0.3, -0.25) is 0 Å². The Morgan fingerprint density at radius 1 is 1.40 bits per heavy atom. The summed E-state index contributed by atoms with van der Waals surface area (Å²) in [7, 11) is 0. The maximum atomic E-state index is 11.1. The lowest BCUT2D eigenvalue weighted by atomic mass is 9.98. The number of hydrogen-bond acceptors (Lipinski definition) is 2. The zero-order valence-electron chi connectivity index (χ0n) is 8.68. The molecule has 0 aromatic heterocycles. The van der Waals surface area contributed by atoms with E-state index < -0.39 is 11.6 Å². The molecule has 0 aliphatic carbocycles. The van der Waals surface area contributed by atoms with E-state index in [2.05, 4.69) is 4.79 Å². The van der Waals surface area contributed by atoms with Crippen LogP contribution in [0.15, 0.2) is 30.3 Å². The van der Waals surface area contributed by atoms with Crippen LogP contribution in [0.4, 0.5) is 0 Å². The van der Waals surface area contributed by atoms with Gasteiger partial charge in [0, 0.05) is 0 Å². The maximum Gasteiger partial charge on any atom is 0.414 e. The molecule has 0 amide bonds. The highest BCUT2D eigenvalue weighted by atomic mass is 16.6. The molecule has 0 saturated carbocycles. The van der Waals surface area contributed by atoms with E-state index in [9.17, 15) is 4.79 Å². The van der Waals surface area contributed by atoms with Gasteiger partial charge in [-0.05, 0) is 19.4 Å². The summed E-state index contributed by atoms with van der Waals surface area (Å²) in [5.41, 5.74) is 8.32. The highest BCUT2D eigenvalue weighted by Crippen LogP contribution is 2.23. The van der Waals surface area contributed by atoms with Crippen LogP contribution in [0.3, 0.4) is 0 Å². The molecule has 1 rings (SSSR count). The lowest BCUT2D eigenvalue weighted by molar-refractivity contribution is -0.152. The number of carbonyl (C=O) groups is 1. The van der Waals surface area contributed by atoms with E-state index in [1.807, 2.05) is 30.3 Å². The van der Waals surface area contributed by atoms with Gasteiger partial charge in [-0.1, -0.05) is 30.3 Å². The molecule has 1 aromatic rings. The number of esters is 1. The van der Waals surface area contributed by atoms with Crippen molar-refractivity contribution in [1.29, 1.82) is 0 Å². The largest absolute Gasteiger partial charge is 0.446 e. The molecule has 0 radical (unpaired) electrons. The molecule has 0 bridgehead atoms. The van der Waals surface area contributed by atoms with Gasteiger partial charge in [0.25, 0.3) is 0 Å². The molecule has 0 fully saturated rings. The van der Waals surface area contributed by atoms with E-state index in [-0.39, 0.29) is 0 Å². The Balaban J connectivity index is 2.84. The predicted molar refractivity (Wildman–Crippen MR) is 55.2 cm³/mol. The Kier molecular flexibility index (Phi) is 3.37. The normalized spacial score (nSPS) is 10.3. The Labute approximate surface area is 88.1 Å². The third kappa shape index (κ3) is 3.04. The van der Waals surface area contributed by atoms with Gasteiger partial charge in [-0.15, -0.1) is 0 Å². The minimum absolute atomic E-state index is 0.675. The first-order valence-corrected chi connectivity index (χ1v) is 4.52. The smallest absolute Gasteiger partial charge is 0.414 e. The zero-order chi connectivity index (χ0) is 11.3. The van der Waals surface area contributed by atoms with E-state index >= 15 is 0 Å². The fourth-order valence-corrected chi connectivity index (χ4v) is 1.22. The molecule has 0 aliphatic heterocycles. The quantitative estimate of drug-likeness (QED) is 0.326. The Hall–Kier alpha value is -1.93. The summed E-state index contributed by atoms with van der Waals surface area (Å²) in [6, 6.07) is 9.35. The van der Waals surface area contributed by atoms with Crippen LogP contribution in [0, 0.1) is 0 Å². The summed E-state index contributed by atoms with van der Waals surface area (Å²) in [5.74, 6) is -0.675. The molecule has 78 valence electrons. The van der Waals surface area contributed by atoms with Gasteiger partial charge in [-0.25, -0.2) is 4.79 Å². The van der Waals surface area contributed by atoms with Crippen LogP contribution < -0.4 is 0 Å². The Morgan fingerprint density at radius 2 is 2.00 bits per heavy atom. The number of ether oxygens (including phenoxy) is 1. The van der Waals surface area contributed by atoms with Crippen LogP contribution in [0.1, 0.15) is 19.4 Å². The van der Waals surface area contributed by atoms with Crippen LogP contribution in [0.25, 0.3) is 5.53 Å². The average molecular weight is 204 g/mol. The molecular weight excluding hydrogens is 192 g/mol. The van der Waals surface area contributed by atoms with Crippen LogP contribution in [0.5, 0.6) is 0 Å². The van der Waals surface area contributed by atoms with Gasteiger partial charge in [0.05, 0.1) is 0 Å². The molecule has 4 nitrogen and oxygen atoms in total. The van der Waals surface area contributed by atoms with E-state index in [4.69, 9.17) is 10.3 Å². The van der Waals surface area contributed by atoms with Gasteiger partial charge in [0.1, 0.15) is 5.60 Å². The summed E-state index contributed by atoms with van der Waals surface area (Å²) in [5, 5.41) is 0. The van der Waals surface area contributed by atoms with Crippen molar-refractivity contribution in [2.45, 2.75) is 19.4 Å². The zero-order valence-corrected chi connectivity index (χ0v) is 8.68. The molecule has 1 aromatic carbocycles. The number of hydrogen-bond donors (Lipinski definition) is 0. The summed E-state index contributed by atoms with van der Waals surface area (Å²) >= 11 is 0. The van der Waals surface area contributed by atoms with E-state index in [1.165, 1.54) is 0 Å². The summed E-state index contributed by atoms with van der Waals surface area (Å²) in [4.78, 5) is 13.7. The molecule has 0 aliphatic rings. The predicted octanol–water partition coefficient (Wildman–Crippen LogP) is 1.77. The number of carbonyl (C=O) groups excluding carboxylic acids is 1. The molecular formula is C11H12N2O2. The number of benzene rings is 1. The first kappa shape index (κ1) is 11.1. The average Bonchev–Trinajstić information content (AvgIpc) is 2.18. The lowest BCUT2D eigenvalue weighted by Crippen LogP contribution is -2.26. The summed E-state index contributed by atoms with van der Waals surface area (Å²) in [6.45, 7) is 3.54. The van der Waals surface area contributed by atoms with Crippen molar-refractivity contribution < 1.29 is 14.3 Å². The van der Waals surface area contributed by atoms with Gasteiger partial charge >= 0.3 is 12.2 Å². The Morgan fingerprint density at radius 3 is 2.53 bits per heavy atom. The summed E-state index contributed by atoms with van der Waals surface area (Å²) in [6.07, 6.45) is 0.727. The monoisotopic (exact) mass is 204 g/mol. The van der Waals surface area contributed by atoms with Crippen molar-refractivity contribution in [2.24, 2.45) is 0 Å². The Bertz CT molecular complexity index is 392. The SMILES string of the molecule is CC(C)(OC(=O)C=[N+]=[N-])c1ccccc1. The van der Waals surface area contributed by atoms with Crippen LogP contribution in [-0.4, -0.2) is 17.0 Å².